The molecule has 2 aromatic rings. The average molecular weight is 371 g/mol. The first kappa shape index (κ1) is 18.3. The molecule has 2 aromatic carbocycles. The van der Waals surface area contributed by atoms with E-state index in [1.165, 1.54) is 42.8 Å². The SMILES string of the molecule is CC1CCN(c2ccc(NC(=S)NC(=O)c3cccc(F)c3)cc2)CC1. The Morgan fingerprint density at radius 3 is 2.50 bits per heavy atom. The molecule has 3 rings (SSSR count). The zero-order chi connectivity index (χ0) is 18.5. The van der Waals surface area contributed by atoms with Crippen molar-refractivity contribution in [2.45, 2.75) is 19.8 Å². The fraction of sp³-hybridized carbons (Fsp3) is 0.300. The maximum atomic E-state index is 13.2. The Bertz CT molecular complexity index is 786. The Kier molecular flexibility index (Phi) is 5.83. The molecule has 1 aliphatic heterocycles. The second-order valence-electron chi connectivity index (χ2n) is 6.64. The predicted molar refractivity (Wildman–Crippen MR) is 107 cm³/mol. The highest BCUT2D eigenvalue weighted by molar-refractivity contribution is 7.80. The van der Waals surface area contributed by atoms with E-state index in [0.717, 1.165) is 24.7 Å². The smallest absolute Gasteiger partial charge is 0.257 e. The molecular weight excluding hydrogens is 349 g/mol. The van der Waals surface area contributed by atoms with E-state index >= 15 is 0 Å². The number of halogens is 1. The standard InChI is InChI=1S/C20H22FN3OS/c1-14-9-11-24(12-10-14)18-7-5-17(6-8-18)22-20(26)23-19(25)15-3-2-4-16(21)13-15/h2-8,13-14H,9-12H2,1H3,(H2,22,23,25,26). The summed E-state index contributed by atoms with van der Waals surface area (Å²) in [5, 5.41) is 5.72. The molecule has 1 saturated heterocycles. The molecule has 4 nitrogen and oxygen atoms in total. The molecule has 1 aliphatic rings. The molecule has 0 radical (unpaired) electrons. The largest absolute Gasteiger partial charge is 0.372 e. The zero-order valence-electron chi connectivity index (χ0n) is 14.7. The first-order chi connectivity index (χ1) is 12.5. The van der Waals surface area contributed by atoms with E-state index in [1.807, 2.05) is 12.1 Å². The third-order valence-electron chi connectivity index (χ3n) is 4.59. The number of nitrogens with zero attached hydrogens (tertiary/aromatic N) is 1. The number of benzene rings is 2. The van der Waals surface area contributed by atoms with E-state index in [1.54, 1.807) is 0 Å². The molecule has 136 valence electrons. The monoisotopic (exact) mass is 371 g/mol. The van der Waals surface area contributed by atoms with E-state index in [4.69, 9.17) is 12.2 Å². The van der Waals surface area contributed by atoms with Gasteiger partial charge < -0.3 is 10.2 Å². The van der Waals surface area contributed by atoms with Gasteiger partial charge in [-0.3, -0.25) is 10.1 Å². The quantitative estimate of drug-likeness (QED) is 0.794. The number of carbonyl (C=O) groups is 1. The van der Waals surface area contributed by atoms with Crippen molar-refractivity contribution in [3.63, 3.8) is 0 Å². The fourth-order valence-corrected chi connectivity index (χ4v) is 3.20. The van der Waals surface area contributed by atoms with E-state index in [0.29, 0.717) is 0 Å². The Morgan fingerprint density at radius 1 is 1.15 bits per heavy atom. The topological polar surface area (TPSA) is 44.4 Å². The zero-order valence-corrected chi connectivity index (χ0v) is 15.5. The molecule has 26 heavy (non-hydrogen) atoms. The lowest BCUT2D eigenvalue weighted by Crippen LogP contribution is -2.34. The van der Waals surface area contributed by atoms with E-state index in [9.17, 15) is 9.18 Å². The van der Waals surface area contributed by atoms with Crippen molar-refractivity contribution in [1.82, 2.24) is 5.32 Å². The van der Waals surface area contributed by atoms with Crippen LogP contribution in [0.3, 0.4) is 0 Å². The lowest BCUT2D eigenvalue weighted by molar-refractivity contribution is 0.0977. The number of rotatable bonds is 3. The highest BCUT2D eigenvalue weighted by Gasteiger charge is 2.16. The summed E-state index contributed by atoms with van der Waals surface area (Å²) in [7, 11) is 0. The molecule has 1 fully saturated rings. The van der Waals surface area contributed by atoms with Gasteiger partial charge in [0.2, 0.25) is 0 Å². The normalized spacial score (nSPS) is 14.8. The Labute approximate surface area is 158 Å². The summed E-state index contributed by atoms with van der Waals surface area (Å²) in [6.45, 7) is 4.45. The van der Waals surface area contributed by atoms with Crippen molar-refractivity contribution in [1.29, 1.82) is 0 Å². The number of amides is 1. The van der Waals surface area contributed by atoms with E-state index in [-0.39, 0.29) is 10.7 Å². The number of hydrogen-bond donors (Lipinski definition) is 2. The second kappa shape index (κ2) is 8.27. The van der Waals surface area contributed by atoms with Crippen LogP contribution < -0.4 is 15.5 Å². The van der Waals surface area contributed by atoms with Crippen LogP contribution in [0.2, 0.25) is 0 Å². The first-order valence-electron chi connectivity index (χ1n) is 8.74. The van der Waals surface area contributed by atoms with Crippen molar-refractivity contribution in [2.75, 3.05) is 23.3 Å². The van der Waals surface area contributed by atoms with Crippen LogP contribution in [0.4, 0.5) is 15.8 Å². The molecule has 0 aliphatic carbocycles. The van der Waals surface area contributed by atoms with Crippen LogP contribution in [-0.4, -0.2) is 24.1 Å². The highest BCUT2D eigenvalue weighted by Crippen LogP contribution is 2.24. The minimum atomic E-state index is -0.459. The molecule has 1 heterocycles. The van der Waals surface area contributed by atoms with E-state index < -0.39 is 11.7 Å². The summed E-state index contributed by atoms with van der Waals surface area (Å²) in [6.07, 6.45) is 2.44. The summed E-state index contributed by atoms with van der Waals surface area (Å²) in [6, 6.07) is 13.5. The predicted octanol–water partition coefficient (Wildman–Crippen LogP) is 4.19. The summed E-state index contributed by atoms with van der Waals surface area (Å²) >= 11 is 5.17. The average Bonchev–Trinajstić information content (AvgIpc) is 2.63. The third-order valence-corrected chi connectivity index (χ3v) is 4.79. The van der Waals surface area contributed by atoms with Crippen LogP contribution in [0, 0.1) is 11.7 Å². The molecular formula is C20H22FN3OS. The van der Waals surface area contributed by atoms with Gasteiger partial charge in [-0.2, -0.15) is 0 Å². The molecule has 6 heteroatoms. The van der Waals surface area contributed by atoms with Gasteiger partial charge in [0.1, 0.15) is 5.82 Å². The van der Waals surface area contributed by atoms with Gasteiger partial charge in [-0.05, 0) is 73.4 Å². The Hall–Kier alpha value is -2.47. The molecule has 0 unspecified atom stereocenters. The Balaban J connectivity index is 1.55. The van der Waals surface area contributed by atoms with Gasteiger partial charge in [0.05, 0.1) is 0 Å². The van der Waals surface area contributed by atoms with Gasteiger partial charge in [0.25, 0.3) is 5.91 Å². The van der Waals surface area contributed by atoms with Gasteiger partial charge in [0, 0.05) is 30.0 Å². The summed E-state index contributed by atoms with van der Waals surface area (Å²) < 4.78 is 13.2. The lowest BCUT2D eigenvalue weighted by atomic mass is 9.99. The van der Waals surface area contributed by atoms with Gasteiger partial charge in [-0.25, -0.2) is 4.39 Å². The number of anilines is 2. The molecule has 0 atom stereocenters. The number of piperidine rings is 1. The molecule has 1 amide bonds. The molecule has 0 bridgehead atoms. The number of hydrogen-bond acceptors (Lipinski definition) is 3. The summed E-state index contributed by atoms with van der Waals surface area (Å²) in [5.41, 5.74) is 2.21. The van der Waals surface area contributed by atoms with Crippen molar-refractivity contribution in [2.24, 2.45) is 5.92 Å². The molecule has 0 saturated carbocycles. The number of thiocarbonyl (C=S) groups is 1. The van der Waals surface area contributed by atoms with E-state index in [2.05, 4.69) is 34.6 Å². The van der Waals surface area contributed by atoms with Gasteiger partial charge in [0.15, 0.2) is 5.11 Å². The first-order valence-corrected chi connectivity index (χ1v) is 9.15. The van der Waals surface area contributed by atoms with Gasteiger partial charge in [-0.15, -0.1) is 0 Å². The van der Waals surface area contributed by atoms with Crippen molar-refractivity contribution >= 4 is 34.6 Å². The summed E-state index contributed by atoms with van der Waals surface area (Å²) in [4.78, 5) is 14.5. The number of carbonyl (C=O) groups excluding carboxylic acids is 1. The van der Waals surface area contributed by atoms with Crippen LogP contribution in [0.15, 0.2) is 48.5 Å². The maximum Gasteiger partial charge on any atom is 0.257 e. The molecule has 0 spiro atoms. The molecule has 0 aromatic heterocycles. The van der Waals surface area contributed by atoms with Gasteiger partial charge in [-0.1, -0.05) is 13.0 Å². The third kappa shape index (κ3) is 4.79. The van der Waals surface area contributed by atoms with Gasteiger partial charge >= 0.3 is 0 Å². The van der Waals surface area contributed by atoms with Crippen molar-refractivity contribution in [3.05, 3.63) is 59.9 Å². The second-order valence-corrected chi connectivity index (χ2v) is 7.04. The minimum absolute atomic E-state index is 0.179. The highest BCUT2D eigenvalue weighted by atomic mass is 32.1. The summed E-state index contributed by atoms with van der Waals surface area (Å²) in [5.74, 6) is -0.105. The van der Waals surface area contributed by atoms with Crippen LogP contribution in [-0.2, 0) is 0 Å². The fourth-order valence-electron chi connectivity index (χ4n) is 2.99. The lowest BCUT2D eigenvalue weighted by Gasteiger charge is -2.32. The van der Waals surface area contributed by atoms with Crippen LogP contribution in [0.25, 0.3) is 0 Å². The van der Waals surface area contributed by atoms with Crippen molar-refractivity contribution in [3.8, 4) is 0 Å². The van der Waals surface area contributed by atoms with Crippen LogP contribution >= 0.6 is 12.2 Å². The van der Waals surface area contributed by atoms with Crippen molar-refractivity contribution < 1.29 is 9.18 Å². The minimum Gasteiger partial charge on any atom is -0.372 e. The molecule has 2 N–H and O–H groups in total. The maximum absolute atomic E-state index is 13.2. The Morgan fingerprint density at radius 2 is 1.85 bits per heavy atom. The van der Waals surface area contributed by atoms with Crippen LogP contribution in [0.5, 0.6) is 0 Å². The number of nitrogens with one attached hydrogen (secondary N) is 2. The van der Waals surface area contributed by atoms with Crippen LogP contribution in [0.1, 0.15) is 30.1 Å².